The SMILES string of the molecule is CCNCc1ccc(S(=O)(=O)NCCOCC(F)(F)F)o1. The maximum absolute atomic E-state index is 11.8. The van der Waals surface area contributed by atoms with E-state index >= 15 is 0 Å². The minimum absolute atomic E-state index is 0.276. The maximum Gasteiger partial charge on any atom is 0.411 e. The molecule has 0 aliphatic rings. The molecule has 0 aromatic carbocycles. The highest BCUT2D eigenvalue weighted by atomic mass is 32.2. The molecule has 0 aliphatic heterocycles. The molecular formula is C11H17F3N2O4S. The van der Waals surface area contributed by atoms with Gasteiger partial charge in [-0.2, -0.15) is 13.2 Å². The Bertz CT molecular complexity index is 528. The van der Waals surface area contributed by atoms with Crippen LogP contribution in [0.4, 0.5) is 13.2 Å². The zero-order valence-electron chi connectivity index (χ0n) is 11.4. The summed E-state index contributed by atoms with van der Waals surface area (Å²) in [7, 11) is -3.89. The van der Waals surface area contributed by atoms with Crippen LogP contribution in [0.1, 0.15) is 12.7 Å². The van der Waals surface area contributed by atoms with Gasteiger partial charge in [0.25, 0.3) is 10.0 Å². The van der Waals surface area contributed by atoms with Crippen LogP contribution < -0.4 is 10.0 Å². The Morgan fingerprint density at radius 1 is 1.33 bits per heavy atom. The quantitative estimate of drug-likeness (QED) is 0.666. The van der Waals surface area contributed by atoms with Gasteiger partial charge in [0.05, 0.1) is 13.2 Å². The number of hydrogen-bond donors (Lipinski definition) is 2. The molecule has 10 heteroatoms. The van der Waals surface area contributed by atoms with E-state index in [9.17, 15) is 21.6 Å². The predicted octanol–water partition coefficient (Wildman–Crippen LogP) is 1.25. The largest absolute Gasteiger partial charge is 0.447 e. The van der Waals surface area contributed by atoms with Gasteiger partial charge in [-0.25, -0.2) is 13.1 Å². The first-order valence-electron chi connectivity index (χ1n) is 6.18. The van der Waals surface area contributed by atoms with E-state index in [1.807, 2.05) is 6.92 Å². The van der Waals surface area contributed by atoms with Crippen LogP contribution in [-0.2, 0) is 21.3 Å². The molecule has 1 aromatic rings. The van der Waals surface area contributed by atoms with Gasteiger partial charge in [-0.05, 0) is 18.7 Å². The first kappa shape index (κ1) is 18.0. The molecule has 0 unspecified atom stereocenters. The first-order valence-corrected chi connectivity index (χ1v) is 7.66. The van der Waals surface area contributed by atoms with Crippen LogP contribution in [0.5, 0.6) is 0 Å². The Hall–Kier alpha value is -1.10. The Morgan fingerprint density at radius 2 is 2.05 bits per heavy atom. The minimum atomic E-state index is -4.43. The topological polar surface area (TPSA) is 80.6 Å². The van der Waals surface area contributed by atoms with Crippen molar-refractivity contribution >= 4 is 10.0 Å². The van der Waals surface area contributed by atoms with Gasteiger partial charge in [0.2, 0.25) is 5.09 Å². The second-order valence-electron chi connectivity index (χ2n) is 4.07. The number of furan rings is 1. The van der Waals surface area contributed by atoms with Gasteiger partial charge in [0, 0.05) is 6.54 Å². The fourth-order valence-electron chi connectivity index (χ4n) is 1.35. The van der Waals surface area contributed by atoms with Crippen LogP contribution in [0.2, 0.25) is 0 Å². The summed E-state index contributed by atoms with van der Waals surface area (Å²) in [6.07, 6.45) is -4.43. The molecular weight excluding hydrogens is 313 g/mol. The Labute approximate surface area is 120 Å². The van der Waals surface area contributed by atoms with E-state index in [1.165, 1.54) is 12.1 Å². The van der Waals surface area contributed by atoms with E-state index < -0.39 is 22.8 Å². The molecule has 0 fully saturated rings. The van der Waals surface area contributed by atoms with E-state index in [0.29, 0.717) is 18.8 Å². The lowest BCUT2D eigenvalue weighted by Crippen LogP contribution is -2.28. The number of nitrogens with one attached hydrogen (secondary N) is 2. The van der Waals surface area contributed by atoms with Crippen LogP contribution >= 0.6 is 0 Å². The zero-order valence-corrected chi connectivity index (χ0v) is 12.2. The lowest BCUT2D eigenvalue weighted by atomic mass is 10.4. The lowest BCUT2D eigenvalue weighted by molar-refractivity contribution is -0.173. The zero-order chi connectivity index (χ0) is 15.9. The van der Waals surface area contributed by atoms with E-state index in [4.69, 9.17) is 4.42 Å². The van der Waals surface area contributed by atoms with Crippen molar-refractivity contribution in [2.24, 2.45) is 0 Å². The van der Waals surface area contributed by atoms with E-state index in [-0.39, 0.29) is 18.2 Å². The van der Waals surface area contributed by atoms with Gasteiger partial charge in [0.15, 0.2) is 0 Å². The number of ether oxygens (including phenoxy) is 1. The van der Waals surface area contributed by atoms with Crippen molar-refractivity contribution in [2.45, 2.75) is 24.7 Å². The molecule has 0 atom stereocenters. The molecule has 2 N–H and O–H groups in total. The van der Waals surface area contributed by atoms with Gasteiger partial charge in [-0.15, -0.1) is 0 Å². The number of sulfonamides is 1. The molecule has 0 saturated heterocycles. The molecule has 0 spiro atoms. The molecule has 1 aromatic heterocycles. The average Bonchev–Trinajstić information content (AvgIpc) is 2.84. The Morgan fingerprint density at radius 3 is 2.67 bits per heavy atom. The van der Waals surface area contributed by atoms with Crippen molar-refractivity contribution in [3.8, 4) is 0 Å². The molecule has 122 valence electrons. The lowest BCUT2D eigenvalue weighted by Gasteiger charge is -2.08. The summed E-state index contributed by atoms with van der Waals surface area (Å²) in [5.74, 6) is 0.450. The van der Waals surface area contributed by atoms with Crippen LogP contribution in [0.25, 0.3) is 0 Å². The van der Waals surface area contributed by atoms with Gasteiger partial charge in [-0.1, -0.05) is 6.92 Å². The van der Waals surface area contributed by atoms with Crippen molar-refractivity contribution in [2.75, 3.05) is 26.3 Å². The summed E-state index contributed by atoms with van der Waals surface area (Å²) < 4.78 is 70.5. The molecule has 21 heavy (non-hydrogen) atoms. The van der Waals surface area contributed by atoms with Gasteiger partial charge < -0.3 is 14.5 Å². The standard InChI is InChI=1S/C11H17F3N2O4S/c1-2-15-7-9-3-4-10(20-9)21(17,18)16-5-6-19-8-11(12,13)14/h3-4,15-16H,2,5-8H2,1H3. The summed E-state index contributed by atoms with van der Waals surface area (Å²) in [6, 6.07) is 2.79. The number of rotatable bonds is 9. The molecule has 0 radical (unpaired) electrons. The van der Waals surface area contributed by atoms with Gasteiger partial charge in [0.1, 0.15) is 12.4 Å². The van der Waals surface area contributed by atoms with Gasteiger partial charge >= 0.3 is 6.18 Å². The third-order valence-electron chi connectivity index (χ3n) is 2.26. The molecule has 0 saturated carbocycles. The fourth-order valence-corrected chi connectivity index (χ4v) is 2.31. The highest BCUT2D eigenvalue weighted by Crippen LogP contribution is 2.15. The summed E-state index contributed by atoms with van der Waals surface area (Å²) >= 11 is 0. The molecule has 1 heterocycles. The average molecular weight is 330 g/mol. The Kier molecular flexibility index (Phi) is 6.65. The van der Waals surface area contributed by atoms with E-state index in [1.54, 1.807) is 0 Å². The monoisotopic (exact) mass is 330 g/mol. The second-order valence-corrected chi connectivity index (χ2v) is 5.76. The maximum atomic E-state index is 11.8. The smallest absolute Gasteiger partial charge is 0.411 e. The first-order chi connectivity index (χ1) is 9.74. The van der Waals surface area contributed by atoms with Crippen molar-refractivity contribution < 1.29 is 30.7 Å². The third kappa shape index (κ3) is 6.93. The van der Waals surface area contributed by atoms with Crippen LogP contribution in [-0.4, -0.2) is 40.9 Å². The second kappa shape index (κ2) is 7.78. The van der Waals surface area contributed by atoms with Crippen molar-refractivity contribution in [3.05, 3.63) is 17.9 Å². The predicted molar refractivity (Wildman–Crippen MR) is 68.2 cm³/mol. The number of halogens is 3. The minimum Gasteiger partial charge on any atom is -0.447 e. The highest BCUT2D eigenvalue weighted by molar-refractivity contribution is 7.89. The van der Waals surface area contributed by atoms with Gasteiger partial charge in [-0.3, -0.25) is 0 Å². The van der Waals surface area contributed by atoms with Crippen LogP contribution in [0.15, 0.2) is 21.6 Å². The molecule has 0 bridgehead atoms. The molecule has 6 nitrogen and oxygen atoms in total. The van der Waals surface area contributed by atoms with Crippen LogP contribution in [0, 0.1) is 0 Å². The number of alkyl halides is 3. The fraction of sp³-hybridized carbons (Fsp3) is 0.636. The normalized spacial score (nSPS) is 12.8. The van der Waals surface area contributed by atoms with Crippen molar-refractivity contribution in [1.29, 1.82) is 0 Å². The summed E-state index contributed by atoms with van der Waals surface area (Å²) in [5.41, 5.74) is 0. The van der Waals surface area contributed by atoms with E-state index in [0.717, 1.165) is 0 Å². The highest BCUT2D eigenvalue weighted by Gasteiger charge is 2.27. The van der Waals surface area contributed by atoms with Crippen LogP contribution in [0.3, 0.4) is 0 Å². The molecule has 0 amide bonds. The third-order valence-corrected chi connectivity index (χ3v) is 3.59. The van der Waals surface area contributed by atoms with Crippen molar-refractivity contribution in [3.63, 3.8) is 0 Å². The molecule has 1 rings (SSSR count). The Balaban J connectivity index is 2.41. The van der Waals surface area contributed by atoms with Crippen molar-refractivity contribution in [1.82, 2.24) is 10.0 Å². The molecule has 0 aliphatic carbocycles. The summed E-state index contributed by atoms with van der Waals surface area (Å²) in [4.78, 5) is 0. The van der Waals surface area contributed by atoms with E-state index in [2.05, 4.69) is 14.8 Å². The number of hydrogen-bond acceptors (Lipinski definition) is 5. The summed E-state index contributed by atoms with van der Waals surface area (Å²) in [6.45, 7) is 0.912. The summed E-state index contributed by atoms with van der Waals surface area (Å²) in [5, 5.41) is 2.68.